The first-order valence-electron chi connectivity index (χ1n) is 5.19. The van der Waals surface area contributed by atoms with Crippen LogP contribution in [0.25, 0.3) is 0 Å². The number of rotatable bonds is 4. The van der Waals surface area contributed by atoms with Gasteiger partial charge in [0.1, 0.15) is 12.4 Å². The van der Waals surface area contributed by atoms with Crippen LogP contribution in [0.1, 0.15) is 30.9 Å². The van der Waals surface area contributed by atoms with Gasteiger partial charge in [0.15, 0.2) is 0 Å². The highest BCUT2D eigenvalue weighted by atomic mass is 35.5. The molecule has 0 unspecified atom stereocenters. The molecule has 1 aromatic rings. The van der Waals surface area contributed by atoms with Gasteiger partial charge in [0.2, 0.25) is 0 Å². The van der Waals surface area contributed by atoms with Crippen molar-refractivity contribution >= 4 is 11.6 Å². The molecule has 84 valence electrons. The first-order valence-corrected chi connectivity index (χ1v) is 5.57. The smallest absolute Gasteiger partial charge is 0.122 e. The van der Waals surface area contributed by atoms with Crippen LogP contribution < -0.4 is 10.5 Å². The molecule has 0 atom stereocenters. The van der Waals surface area contributed by atoms with Crippen molar-refractivity contribution in [1.29, 1.82) is 0 Å². The second kappa shape index (κ2) is 5.38. The number of hydrogen-bond acceptors (Lipinski definition) is 2. The molecule has 2 nitrogen and oxygen atoms in total. The Balaban J connectivity index is 3.00. The molecule has 0 saturated carbocycles. The summed E-state index contributed by atoms with van der Waals surface area (Å²) in [6.45, 7) is 7.29. The lowest BCUT2D eigenvalue weighted by atomic mass is 10.0. The number of nitrogens with two attached hydrogens (primary N) is 1. The second-order valence-electron chi connectivity index (χ2n) is 3.93. The van der Waals surface area contributed by atoms with Gasteiger partial charge in [-0.2, -0.15) is 0 Å². The molecule has 0 fully saturated rings. The fraction of sp³-hybridized carbons (Fsp3) is 0.500. The van der Waals surface area contributed by atoms with Gasteiger partial charge in [-0.05, 0) is 36.1 Å². The van der Waals surface area contributed by atoms with Crippen LogP contribution in [0, 0.1) is 6.92 Å². The Kier molecular flexibility index (Phi) is 4.43. The Morgan fingerprint density at radius 3 is 2.60 bits per heavy atom. The fourth-order valence-electron chi connectivity index (χ4n) is 1.44. The van der Waals surface area contributed by atoms with E-state index in [1.807, 2.05) is 19.1 Å². The minimum absolute atomic E-state index is 0.401. The molecule has 1 aromatic carbocycles. The third-order valence-electron chi connectivity index (χ3n) is 2.29. The van der Waals surface area contributed by atoms with Gasteiger partial charge < -0.3 is 10.5 Å². The van der Waals surface area contributed by atoms with Crippen LogP contribution in [-0.2, 0) is 0 Å². The molecule has 0 bridgehead atoms. The predicted octanol–water partition coefficient (Wildman–Crippen LogP) is 3.11. The number of hydrogen-bond donors (Lipinski definition) is 1. The van der Waals surface area contributed by atoms with Gasteiger partial charge in [-0.1, -0.05) is 25.4 Å². The normalized spacial score (nSPS) is 10.8. The lowest BCUT2D eigenvalue weighted by molar-refractivity contribution is 0.325. The van der Waals surface area contributed by atoms with Crippen molar-refractivity contribution in [2.75, 3.05) is 13.2 Å². The molecule has 3 heteroatoms. The van der Waals surface area contributed by atoms with Crippen molar-refractivity contribution < 1.29 is 4.74 Å². The zero-order valence-electron chi connectivity index (χ0n) is 9.51. The van der Waals surface area contributed by atoms with Crippen LogP contribution in [0.15, 0.2) is 12.1 Å². The van der Waals surface area contributed by atoms with Crippen molar-refractivity contribution in [1.82, 2.24) is 0 Å². The summed E-state index contributed by atoms with van der Waals surface area (Å²) >= 11 is 6.15. The van der Waals surface area contributed by atoms with E-state index in [2.05, 4.69) is 13.8 Å². The third-order valence-corrected chi connectivity index (χ3v) is 2.62. The summed E-state index contributed by atoms with van der Waals surface area (Å²) in [5.74, 6) is 1.28. The molecule has 0 radical (unpaired) electrons. The van der Waals surface area contributed by atoms with Gasteiger partial charge in [0.25, 0.3) is 0 Å². The van der Waals surface area contributed by atoms with Crippen LogP contribution >= 0.6 is 11.6 Å². The molecule has 15 heavy (non-hydrogen) atoms. The minimum Gasteiger partial charge on any atom is -0.492 e. The summed E-state index contributed by atoms with van der Waals surface area (Å²) in [5.41, 5.74) is 7.58. The first-order chi connectivity index (χ1) is 7.06. The Morgan fingerprint density at radius 1 is 1.40 bits per heavy atom. The SMILES string of the molecule is Cc1cc(Cl)c(C(C)C)cc1OCCN. The molecule has 0 aliphatic carbocycles. The van der Waals surface area contributed by atoms with Gasteiger partial charge >= 0.3 is 0 Å². The van der Waals surface area contributed by atoms with E-state index in [0.717, 1.165) is 21.9 Å². The van der Waals surface area contributed by atoms with E-state index in [1.165, 1.54) is 0 Å². The summed E-state index contributed by atoms with van der Waals surface area (Å²) in [6.07, 6.45) is 0. The second-order valence-corrected chi connectivity index (χ2v) is 4.34. The summed E-state index contributed by atoms with van der Waals surface area (Å²) in [4.78, 5) is 0. The summed E-state index contributed by atoms with van der Waals surface area (Å²) in [7, 11) is 0. The molecular weight excluding hydrogens is 210 g/mol. The van der Waals surface area contributed by atoms with E-state index in [9.17, 15) is 0 Å². The molecule has 1 rings (SSSR count). The average Bonchev–Trinajstić information content (AvgIpc) is 2.16. The average molecular weight is 228 g/mol. The molecule has 2 N–H and O–H groups in total. The van der Waals surface area contributed by atoms with Crippen LogP contribution in [0.4, 0.5) is 0 Å². The van der Waals surface area contributed by atoms with Crippen molar-refractivity contribution in [3.05, 3.63) is 28.3 Å². The van der Waals surface area contributed by atoms with Crippen molar-refractivity contribution in [2.24, 2.45) is 5.73 Å². The lowest BCUT2D eigenvalue weighted by Gasteiger charge is -2.14. The van der Waals surface area contributed by atoms with Crippen molar-refractivity contribution in [2.45, 2.75) is 26.7 Å². The number of ether oxygens (including phenoxy) is 1. The summed E-state index contributed by atoms with van der Waals surface area (Å²) in [6, 6.07) is 3.96. The highest BCUT2D eigenvalue weighted by Crippen LogP contribution is 2.31. The Labute approximate surface area is 96.4 Å². The standard InChI is InChI=1S/C12H18ClNO/c1-8(2)10-7-12(15-5-4-14)9(3)6-11(10)13/h6-8H,4-5,14H2,1-3H3. The van der Waals surface area contributed by atoms with Crippen LogP contribution in [0.3, 0.4) is 0 Å². The summed E-state index contributed by atoms with van der Waals surface area (Å²) in [5, 5.41) is 0.808. The lowest BCUT2D eigenvalue weighted by Crippen LogP contribution is -2.11. The number of benzene rings is 1. The number of halogens is 1. The van der Waals surface area contributed by atoms with Crippen molar-refractivity contribution in [3.63, 3.8) is 0 Å². The first kappa shape index (κ1) is 12.3. The Morgan fingerprint density at radius 2 is 2.07 bits per heavy atom. The van der Waals surface area contributed by atoms with E-state index < -0.39 is 0 Å². The molecule has 0 aliphatic rings. The van der Waals surface area contributed by atoms with Gasteiger partial charge in [-0.3, -0.25) is 0 Å². The third kappa shape index (κ3) is 3.11. The highest BCUT2D eigenvalue weighted by Gasteiger charge is 2.09. The van der Waals surface area contributed by atoms with E-state index in [4.69, 9.17) is 22.1 Å². The van der Waals surface area contributed by atoms with E-state index in [1.54, 1.807) is 0 Å². The molecule has 0 spiro atoms. The van der Waals surface area contributed by atoms with E-state index in [-0.39, 0.29) is 0 Å². The van der Waals surface area contributed by atoms with Crippen LogP contribution in [0.5, 0.6) is 5.75 Å². The fourth-order valence-corrected chi connectivity index (χ4v) is 1.87. The maximum atomic E-state index is 6.15. The quantitative estimate of drug-likeness (QED) is 0.858. The van der Waals surface area contributed by atoms with E-state index >= 15 is 0 Å². The number of aryl methyl sites for hydroxylation is 1. The van der Waals surface area contributed by atoms with Crippen LogP contribution in [-0.4, -0.2) is 13.2 Å². The van der Waals surface area contributed by atoms with Crippen LogP contribution in [0.2, 0.25) is 5.02 Å². The van der Waals surface area contributed by atoms with E-state index in [0.29, 0.717) is 19.1 Å². The largest absolute Gasteiger partial charge is 0.492 e. The molecule has 0 amide bonds. The molecule has 0 heterocycles. The predicted molar refractivity (Wildman–Crippen MR) is 64.8 cm³/mol. The maximum Gasteiger partial charge on any atom is 0.122 e. The molecular formula is C12H18ClNO. The Hall–Kier alpha value is -0.730. The molecule has 0 aliphatic heterocycles. The van der Waals surface area contributed by atoms with Gasteiger partial charge in [0, 0.05) is 11.6 Å². The molecule has 0 saturated heterocycles. The highest BCUT2D eigenvalue weighted by molar-refractivity contribution is 6.31. The topological polar surface area (TPSA) is 35.2 Å². The maximum absolute atomic E-state index is 6.15. The van der Waals surface area contributed by atoms with Gasteiger partial charge in [-0.15, -0.1) is 0 Å². The zero-order chi connectivity index (χ0) is 11.4. The molecule has 0 aromatic heterocycles. The summed E-state index contributed by atoms with van der Waals surface area (Å²) < 4.78 is 5.55. The van der Waals surface area contributed by atoms with Gasteiger partial charge in [0.05, 0.1) is 0 Å². The van der Waals surface area contributed by atoms with Gasteiger partial charge in [-0.25, -0.2) is 0 Å². The monoisotopic (exact) mass is 227 g/mol. The minimum atomic E-state index is 0.401. The van der Waals surface area contributed by atoms with Crippen molar-refractivity contribution in [3.8, 4) is 5.75 Å². The zero-order valence-corrected chi connectivity index (χ0v) is 10.3. The Bertz CT molecular complexity index is 337.